The Balaban J connectivity index is 2.03. The highest BCUT2D eigenvalue weighted by Gasteiger charge is 2.20. The number of aromatic nitrogens is 1. The highest BCUT2D eigenvalue weighted by atomic mass is 32.1. The molecule has 3 nitrogen and oxygen atoms in total. The Morgan fingerprint density at radius 2 is 2.12 bits per heavy atom. The third kappa shape index (κ3) is 2.99. The predicted molar refractivity (Wildman–Crippen MR) is 72.7 cm³/mol. The fraction of sp³-hybridized carbons (Fsp3) is 0.769. The van der Waals surface area contributed by atoms with E-state index >= 15 is 0 Å². The molecule has 2 rings (SSSR count). The number of rotatable bonds is 4. The van der Waals surface area contributed by atoms with E-state index in [2.05, 4.69) is 16.9 Å². The van der Waals surface area contributed by atoms with E-state index in [0.29, 0.717) is 0 Å². The molecule has 1 unspecified atom stereocenters. The van der Waals surface area contributed by atoms with E-state index in [0.717, 1.165) is 28.2 Å². The van der Waals surface area contributed by atoms with E-state index in [1.54, 1.807) is 18.3 Å². The van der Waals surface area contributed by atoms with Crippen molar-refractivity contribution in [3.63, 3.8) is 0 Å². The molecule has 1 N–H and O–H groups in total. The number of thiazole rings is 1. The summed E-state index contributed by atoms with van der Waals surface area (Å²) in [6.07, 6.45) is 5.08. The largest absolute Gasteiger partial charge is 0.388 e. The average Bonchev–Trinajstić information content (AvgIpc) is 2.86. The van der Waals surface area contributed by atoms with Crippen molar-refractivity contribution in [3.8, 4) is 0 Å². The van der Waals surface area contributed by atoms with Crippen molar-refractivity contribution >= 4 is 16.5 Å². The molecule has 4 heteroatoms. The standard InChI is InChI=1S/C13H22N2OS/c1-9-12(10(2)16)17-13(14-9)15(3)8-11-6-4-5-7-11/h10-11,16H,4-8H2,1-3H3. The van der Waals surface area contributed by atoms with Crippen LogP contribution in [0.4, 0.5) is 5.13 Å². The molecule has 0 radical (unpaired) electrons. The fourth-order valence-electron chi connectivity index (χ4n) is 2.60. The van der Waals surface area contributed by atoms with E-state index in [-0.39, 0.29) is 0 Å². The quantitative estimate of drug-likeness (QED) is 0.897. The minimum Gasteiger partial charge on any atom is -0.388 e. The van der Waals surface area contributed by atoms with E-state index in [1.807, 2.05) is 6.92 Å². The van der Waals surface area contributed by atoms with Gasteiger partial charge in [0, 0.05) is 13.6 Å². The maximum Gasteiger partial charge on any atom is 0.185 e. The van der Waals surface area contributed by atoms with Gasteiger partial charge >= 0.3 is 0 Å². The number of hydrogen-bond acceptors (Lipinski definition) is 4. The predicted octanol–water partition coefficient (Wildman–Crippen LogP) is 3.13. The van der Waals surface area contributed by atoms with Crippen molar-refractivity contribution in [1.82, 2.24) is 4.98 Å². The lowest BCUT2D eigenvalue weighted by molar-refractivity contribution is 0.202. The zero-order valence-corrected chi connectivity index (χ0v) is 11.8. The van der Waals surface area contributed by atoms with Gasteiger partial charge in [-0.1, -0.05) is 24.2 Å². The molecular weight excluding hydrogens is 232 g/mol. The first-order valence-corrected chi connectivity index (χ1v) is 7.26. The summed E-state index contributed by atoms with van der Waals surface area (Å²) in [5, 5.41) is 10.7. The van der Waals surface area contributed by atoms with Crippen molar-refractivity contribution in [2.24, 2.45) is 5.92 Å². The van der Waals surface area contributed by atoms with Gasteiger partial charge in [-0.05, 0) is 32.6 Å². The first kappa shape index (κ1) is 12.8. The third-order valence-electron chi connectivity index (χ3n) is 3.53. The van der Waals surface area contributed by atoms with Crippen molar-refractivity contribution in [3.05, 3.63) is 10.6 Å². The zero-order valence-electron chi connectivity index (χ0n) is 10.9. The van der Waals surface area contributed by atoms with Crippen molar-refractivity contribution < 1.29 is 5.11 Å². The molecule has 0 bridgehead atoms. The Bertz CT molecular complexity index is 369. The molecule has 1 aromatic rings. The molecule has 1 aliphatic carbocycles. The van der Waals surface area contributed by atoms with Gasteiger partial charge in [-0.15, -0.1) is 0 Å². The van der Waals surface area contributed by atoms with Crippen molar-refractivity contribution in [2.45, 2.75) is 45.6 Å². The van der Waals surface area contributed by atoms with Crippen LogP contribution in [0.2, 0.25) is 0 Å². The molecule has 0 amide bonds. The number of aliphatic hydroxyl groups is 1. The molecule has 0 aliphatic heterocycles. The first-order chi connectivity index (χ1) is 8.08. The monoisotopic (exact) mass is 254 g/mol. The maximum absolute atomic E-state index is 9.64. The lowest BCUT2D eigenvalue weighted by Crippen LogP contribution is -2.23. The van der Waals surface area contributed by atoms with E-state index < -0.39 is 6.10 Å². The van der Waals surface area contributed by atoms with Crippen LogP contribution in [0.15, 0.2) is 0 Å². The normalized spacial score (nSPS) is 18.6. The fourth-order valence-corrected chi connectivity index (χ4v) is 3.58. The second-order valence-electron chi connectivity index (χ2n) is 5.15. The summed E-state index contributed by atoms with van der Waals surface area (Å²) in [4.78, 5) is 7.81. The van der Waals surface area contributed by atoms with Gasteiger partial charge in [-0.3, -0.25) is 0 Å². The summed E-state index contributed by atoms with van der Waals surface area (Å²) in [7, 11) is 2.11. The van der Waals surface area contributed by atoms with Crippen LogP contribution in [0, 0.1) is 12.8 Å². The highest BCUT2D eigenvalue weighted by molar-refractivity contribution is 7.15. The zero-order chi connectivity index (χ0) is 12.4. The molecule has 0 aromatic carbocycles. The number of anilines is 1. The molecule has 96 valence electrons. The van der Waals surface area contributed by atoms with Crippen LogP contribution in [0.3, 0.4) is 0 Å². The molecule has 17 heavy (non-hydrogen) atoms. The van der Waals surface area contributed by atoms with Crippen LogP contribution in [-0.2, 0) is 0 Å². The Kier molecular flexibility index (Phi) is 4.05. The Hall–Kier alpha value is -0.610. The van der Waals surface area contributed by atoms with Crippen LogP contribution >= 0.6 is 11.3 Å². The van der Waals surface area contributed by atoms with Crippen LogP contribution in [0.25, 0.3) is 0 Å². The summed E-state index contributed by atoms with van der Waals surface area (Å²) in [5.74, 6) is 0.833. The van der Waals surface area contributed by atoms with Crippen LogP contribution in [0.1, 0.15) is 49.3 Å². The average molecular weight is 254 g/mol. The van der Waals surface area contributed by atoms with E-state index in [9.17, 15) is 5.11 Å². The van der Waals surface area contributed by atoms with Gasteiger partial charge in [0.05, 0.1) is 16.7 Å². The Labute approximate surface area is 107 Å². The Morgan fingerprint density at radius 3 is 2.65 bits per heavy atom. The number of nitrogens with zero attached hydrogens (tertiary/aromatic N) is 2. The lowest BCUT2D eigenvalue weighted by atomic mass is 10.1. The molecule has 1 atom stereocenters. The van der Waals surface area contributed by atoms with E-state index in [4.69, 9.17) is 0 Å². The van der Waals surface area contributed by atoms with Gasteiger partial charge in [0.2, 0.25) is 0 Å². The number of aryl methyl sites for hydroxylation is 1. The minimum atomic E-state index is -0.402. The minimum absolute atomic E-state index is 0.402. The molecular formula is C13H22N2OS. The lowest BCUT2D eigenvalue weighted by Gasteiger charge is -2.19. The van der Waals surface area contributed by atoms with Gasteiger partial charge in [0.1, 0.15) is 0 Å². The van der Waals surface area contributed by atoms with Crippen LogP contribution in [0.5, 0.6) is 0 Å². The summed E-state index contributed by atoms with van der Waals surface area (Å²) < 4.78 is 0. The highest BCUT2D eigenvalue weighted by Crippen LogP contribution is 2.32. The first-order valence-electron chi connectivity index (χ1n) is 6.44. The second kappa shape index (κ2) is 5.36. The number of hydrogen-bond donors (Lipinski definition) is 1. The van der Waals surface area contributed by atoms with Gasteiger partial charge in [0.15, 0.2) is 5.13 Å². The van der Waals surface area contributed by atoms with Gasteiger partial charge in [0.25, 0.3) is 0 Å². The third-order valence-corrected chi connectivity index (χ3v) is 4.98. The molecule has 1 fully saturated rings. The summed E-state index contributed by atoms with van der Waals surface area (Å²) in [6.45, 7) is 4.89. The molecule has 0 saturated heterocycles. The molecule has 0 spiro atoms. The smallest absolute Gasteiger partial charge is 0.185 e. The van der Waals surface area contributed by atoms with Crippen molar-refractivity contribution in [1.29, 1.82) is 0 Å². The number of aliphatic hydroxyl groups excluding tert-OH is 1. The summed E-state index contributed by atoms with van der Waals surface area (Å²) in [5.41, 5.74) is 0.971. The topological polar surface area (TPSA) is 36.4 Å². The molecule has 1 heterocycles. The summed E-state index contributed by atoms with van der Waals surface area (Å²) >= 11 is 1.62. The molecule has 1 saturated carbocycles. The SMILES string of the molecule is Cc1nc(N(C)CC2CCCC2)sc1C(C)O. The maximum atomic E-state index is 9.64. The van der Waals surface area contributed by atoms with Gasteiger partial charge < -0.3 is 10.0 Å². The van der Waals surface area contributed by atoms with Gasteiger partial charge in [-0.2, -0.15) is 0 Å². The van der Waals surface area contributed by atoms with Crippen LogP contribution < -0.4 is 4.90 Å². The Morgan fingerprint density at radius 1 is 1.47 bits per heavy atom. The van der Waals surface area contributed by atoms with Crippen LogP contribution in [-0.4, -0.2) is 23.7 Å². The second-order valence-corrected chi connectivity index (χ2v) is 6.16. The van der Waals surface area contributed by atoms with Crippen molar-refractivity contribution in [2.75, 3.05) is 18.5 Å². The summed E-state index contributed by atoms with van der Waals surface area (Å²) in [6, 6.07) is 0. The molecule has 1 aliphatic rings. The molecule has 1 aromatic heterocycles. The van der Waals surface area contributed by atoms with Gasteiger partial charge in [-0.25, -0.2) is 4.98 Å². The van der Waals surface area contributed by atoms with E-state index in [1.165, 1.54) is 25.7 Å².